The van der Waals surface area contributed by atoms with Crippen molar-refractivity contribution in [3.63, 3.8) is 0 Å². The molecule has 2 N–H and O–H groups in total. The number of hydrogen-bond acceptors (Lipinski definition) is 4. The fourth-order valence-corrected chi connectivity index (χ4v) is 1.01. The van der Waals surface area contributed by atoms with Crippen LogP contribution in [0.15, 0.2) is 0 Å². The average molecular weight is 205 g/mol. The molecule has 0 aliphatic rings. The van der Waals surface area contributed by atoms with Gasteiger partial charge in [0.05, 0.1) is 32.5 Å². The summed E-state index contributed by atoms with van der Waals surface area (Å²) in [6, 6.07) is 0.0524. The van der Waals surface area contributed by atoms with E-state index in [4.69, 9.17) is 14.6 Å². The molecule has 0 aliphatic heterocycles. The number of aliphatic hydroxyl groups excluding tert-OH is 1. The van der Waals surface area contributed by atoms with Crippen LogP contribution in [-0.4, -0.2) is 50.7 Å². The molecule has 0 heterocycles. The first kappa shape index (κ1) is 13.8. The number of rotatable bonds is 10. The van der Waals surface area contributed by atoms with Crippen LogP contribution in [0.25, 0.3) is 0 Å². The van der Waals surface area contributed by atoms with Gasteiger partial charge in [0.15, 0.2) is 0 Å². The Kier molecular flexibility index (Phi) is 10.8. The Hall–Kier alpha value is -0.160. The molecule has 0 radical (unpaired) electrons. The molecular formula is C10H23NO3. The van der Waals surface area contributed by atoms with Crippen molar-refractivity contribution in [1.82, 2.24) is 5.32 Å². The molecule has 0 spiro atoms. The normalized spacial score (nSPS) is 13.1. The molecule has 1 unspecified atom stereocenters. The lowest BCUT2D eigenvalue weighted by Gasteiger charge is -2.15. The second kappa shape index (κ2) is 10.9. The molecule has 0 bridgehead atoms. The van der Waals surface area contributed by atoms with E-state index in [-0.39, 0.29) is 12.6 Å². The minimum atomic E-state index is 0.0524. The number of ether oxygens (including phenoxy) is 2. The summed E-state index contributed by atoms with van der Waals surface area (Å²) in [5.41, 5.74) is 0. The summed E-state index contributed by atoms with van der Waals surface area (Å²) in [4.78, 5) is 0. The molecule has 14 heavy (non-hydrogen) atoms. The van der Waals surface area contributed by atoms with E-state index in [1.165, 1.54) is 0 Å². The van der Waals surface area contributed by atoms with Crippen molar-refractivity contribution in [3.05, 3.63) is 0 Å². The molecule has 4 nitrogen and oxygen atoms in total. The minimum Gasteiger partial charge on any atom is -0.395 e. The molecule has 0 saturated heterocycles. The molecule has 0 amide bonds. The first-order chi connectivity index (χ1) is 6.85. The Morgan fingerprint density at radius 3 is 2.50 bits per heavy atom. The molecule has 0 fully saturated rings. The van der Waals surface area contributed by atoms with Gasteiger partial charge in [0.1, 0.15) is 0 Å². The Bertz CT molecular complexity index is 112. The van der Waals surface area contributed by atoms with E-state index >= 15 is 0 Å². The van der Waals surface area contributed by atoms with Crippen molar-refractivity contribution >= 4 is 0 Å². The van der Waals surface area contributed by atoms with Crippen LogP contribution in [0.1, 0.15) is 20.3 Å². The fourth-order valence-electron chi connectivity index (χ4n) is 1.01. The summed E-state index contributed by atoms with van der Waals surface area (Å²) in [7, 11) is 0. The molecule has 0 aromatic rings. The lowest BCUT2D eigenvalue weighted by atomic mass is 10.3. The maximum absolute atomic E-state index is 8.98. The number of nitrogens with one attached hydrogen (secondary N) is 1. The van der Waals surface area contributed by atoms with Gasteiger partial charge in [0, 0.05) is 6.61 Å². The fraction of sp³-hybridized carbons (Fsp3) is 1.00. The maximum Gasteiger partial charge on any atom is 0.0701 e. The van der Waals surface area contributed by atoms with E-state index in [9.17, 15) is 0 Å². The highest BCUT2D eigenvalue weighted by Crippen LogP contribution is 1.86. The Morgan fingerprint density at radius 1 is 1.21 bits per heavy atom. The van der Waals surface area contributed by atoms with Crippen LogP contribution in [0, 0.1) is 0 Å². The third-order valence-corrected chi connectivity index (χ3v) is 1.80. The van der Waals surface area contributed by atoms with Crippen LogP contribution in [0.5, 0.6) is 0 Å². The summed E-state index contributed by atoms with van der Waals surface area (Å²) in [5, 5.41) is 12.2. The molecule has 0 aromatic carbocycles. The first-order valence-electron chi connectivity index (χ1n) is 5.34. The highest BCUT2D eigenvalue weighted by molar-refractivity contribution is 4.63. The van der Waals surface area contributed by atoms with Crippen molar-refractivity contribution in [2.75, 3.05) is 39.6 Å². The molecule has 0 aliphatic carbocycles. The molecular weight excluding hydrogens is 182 g/mol. The van der Waals surface area contributed by atoms with Gasteiger partial charge in [-0.2, -0.15) is 0 Å². The van der Waals surface area contributed by atoms with E-state index in [1.54, 1.807) is 0 Å². The Balaban J connectivity index is 3.24. The summed E-state index contributed by atoms with van der Waals surface area (Å²) in [5.74, 6) is 0. The molecule has 0 aromatic heterocycles. The lowest BCUT2D eigenvalue weighted by molar-refractivity contribution is 0.0356. The molecule has 86 valence electrons. The van der Waals surface area contributed by atoms with Crippen molar-refractivity contribution < 1.29 is 14.6 Å². The zero-order valence-corrected chi connectivity index (χ0v) is 9.29. The van der Waals surface area contributed by atoms with Crippen LogP contribution >= 0.6 is 0 Å². The van der Waals surface area contributed by atoms with Crippen LogP contribution in [-0.2, 0) is 9.47 Å². The van der Waals surface area contributed by atoms with E-state index in [2.05, 4.69) is 12.2 Å². The van der Waals surface area contributed by atoms with E-state index in [1.807, 2.05) is 6.92 Å². The Morgan fingerprint density at radius 2 is 1.93 bits per heavy atom. The van der Waals surface area contributed by atoms with Gasteiger partial charge in [-0.25, -0.2) is 0 Å². The number of aliphatic hydroxyl groups is 1. The number of hydrogen-bond donors (Lipinski definition) is 2. The van der Waals surface area contributed by atoms with Crippen molar-refractivity contribution in [2.45, 2.75) is 26.3 Å². The first-order valence-corrected chi connectivity index (χ1v) is 5.34. The summed E-state index contributed by atoms with van der Waals surface area (Å²) < 4.78 is 10.5. The van der Waals surface area contributed by atoms with Gasteiger partial charge >= 0.3 is 0 Å². The lowest BCUT2D eigenvalue weighted by Crippen LogP contribution is -2.37. The quantitative estimate of drug-likeness (QED) is 0.507. The van der Waals surface area contributed by atoms with Gasteiger partial charge in [-0.05, 0) is 19.9 Å². The second-order valence-corrected chi connectivity index (χ2v) is 3.11. The molecule has 4 heteroatoms. The monoisotopic (exact) mass is 205 g/mol. The van der Waals surface area contributed by atoms with Gasteiger partial charge in [0.25, 0.3) is 0 Å². The summed E-state index contributed by atoms with van der Waals surface area (Å²) in [6.45, 7) is 7.58. The zero-order valence-electron chi connectivity index (χ0n) is 9.29. The predicted octanol–water partition coefficient (Wildman–Crippen LogP) is 0.400. The van der Waals surface area contributed by atoms with Crippen LogP contribution in [0.3, 0.4) is 0 Å². The smallest absolute Gasteiger partial charge is 0.0701 e. The van der Waals surface area contributed by atoms with Gasteiger partial charge in [-0.1, -0.05) is 6.92 Å². The zero-order chi connectivity index (χ0) is 10.6. The summed E-state index contributed by atoms with van der Waals surface area (Å²) >= 11 is 0. The van der Waals surface area contributed by atoms with Gasteiger partial charge in [-0.3, -0.25) is 0 Å². The topological polar surface area (TPSA) is 50.7 Å². The van der Waals surface area contributed by atoms with Crippen LogP contribution in [0.2, 0.25) is 0 Å². The predicted molar refractivity (Wildman–Crippen MR) is 56.5 cm³/mol. The minimum absolute atomic E-state index is 0.0524. The SMILES string of the molecule is CCCNC(CO)COCCOCC. The van der Waals surface area contributed by atoms with Crippen molar-refractivity contribution in [1.29, 1.82) is 0 Å². The van der Waals surface area contributed by atoms with Gasteiger partial charge in [-0.15, -0.1) is 0 Å². The van der Waals surface area contributed by atoms with Gasteiger partial charge < -0.3 is 19.9 Å². The maximum atomic E-state index is 8.98. The molecule has 1 atom stereocenters. The standard InChI is InChI=1S/C10H23NO3/c1-3-5-11-10(8-12)9-14-7-6-13-4-2/h10-12H,3-9H2,1-2H3. The van der Waals surface area contributed by atoms with Crippen LogP contribution < -0.4 is 5.32 Å². The van der Waals surface area contributed by atoms with Gasteiger partial charge in [0.2, 0.25) is 0 Å². The second-order valence-electron chi connectivity index (χ2n) is 3.11. The average Bonchev–Trinajstić information content (AvgIpc) is 2.22. The highest BCUT2D eigenvalue weighted by Gasteiger charge is 2.04. The summed E-state index contributed by atoms with van der Waals surface area (Å²) in [6.07, 6.45) is 1.06. The molecule has 0 rings (SSSR count). The van der Waals surface area contributed by atoms with E-state index in [0.29, 0.717) is 19.8 Å². The van der Waals surface area contributed by atoms with E-state index < -0.39 is 0 Å². The Labute approximate surface area is 86.6 Å². The third-order valence-electron chi connectivity index (χ3n) is 1.80. The van der Waals surface area contributed by atoms with E-state index in [0.717, 1.165) is 19.6 Å². The molecule has 0 saturated carbocycles. The van der Waals surface area contributed by atoms with Crippen LogP contribution in [0.4, 0.5) is 0 Å². The highest BCUT2D eigenvalue weighted by atomic mass is 16.5. The van der Waals surface area contributed by atoms with Crippen molar-refractivity contribution in [3.8, 4) is 0 Å². The van der Waals surface area contributed by atoms with Crippen molar-refractivity contribution in [2.24, 2.45) is 0 Å². The largest absolute Gasteiger partial charge is 0.395 e. The third kappa shape index (κ3) is 8.44.